The Labute approximate surface area is 216 Å². The summed E-state index contributed by atoms with van der Waals surface area (Å²) in [6, 6.07) is 8.73. The quantitative estimate of drug-likeness (QED) is 0.411. The Morgan fingerprint density at radius 3 is 2.22 bits per heavy atom. The minimum atomic E-state index is -0.405. The van der Waals surface area contributed by atoms with Gasteiger partial charge in [0.1, 0.15) is 12.4 Å². The molecular formula is C29H45NO6. The Hall–Kier alpha value is -1.22. The van der Waals surface area contributed by atoms with E-state index in [9.17, 15) is 5.11 Å². The third-order valence-electron chi connectivity index (χ3n) is 9.26. The van der Waals surface area contributed by atoms with E-state index in [0.717, 1.165) is 97.3 Å². The highest BCUT2D eigenvalue weighted by molar-refractivity contribution is 5.29. The number of rotatable bonds is 8. The van der Waals surface area contributed by atoms with E-state index in [-0.39, 0.29) is 12.2 Å². The fourth-order valence-corrected chi connectivity index (χ4v) is 7.68. The highest BCUT2D eigenvalue weighted by Gasteiger charge is 2.55. The van der Waals surface area contributed by atoms with Crippen LogP contribution in [0.5, 0.6) is 5.75 Å². The molecule has 1 saturated heterocycles. The van der Waals surface area contributed by atoms with E-state index in [2.05, 4.69) is 29.2 Å². The molecule has 0 amide bonds. The largest absolute Gasteiger partial charge is 0.492 e. The van der Waals surface area contributed by atoms with Crippen LogP contribution in [0.15, 0.2) is 24.3 Å². The second-order valence-corrected chi connectivity index (χ2v) is 11.7. The van der Waals surface area contributed by atoms with Gasteiger partial charge in [0.15, 0.2) is 0 Å². The Balaban J connectivity index is 0.00000130. The number of hydrogen-bond acceptors (Lipinski definition) is 7. The highest BCUT2D eigenvalue weighted by Crippen LogP contribution is 2.56. The van der Waals surface area contributed by atoms with Crippen LogP contribution >= 0.6 is 0 Å². The topological polar surface area (TPSA) is 80.6 Å². The second-order valence-electron chi connectivity index (χ2n) is 11.7. The lowest BCUT2D eigenvalue weighted by Crippen LogP contribution is -2.57. The number of aliphatic hydroxyl groups excluding tert-OH is 1. The van der Waals surface area contributed by atoms with Gasteiger partial charge in [-0.3, -0.25) is 4.90 Å². The summed E-state index contributed by atoms with van der Waals surface area (Å²) in [6.45, 7) is 5.36. The highest BCUT2D eigenvalue weighted by atomic mass is 17.2. The van der Waals surface area contributed by atoms with Crippen molar-refractivity contribution in [2.75, 3.05) is 46.6 Å². The Kier molecular flexibility index (Phi) is 8.87. The molecule has 1 aromatic rings. The van der Waals surface area contributed by atoms with Gasteiger partial charge in [0.25, 0.3) is 0 Å². The molecule has 5 saturated carbocycles. The summed E-state index contributed by atoms with van der Waals surface area (Å²) in [5, 5.41) is 17.8. The van der Waals surface area contributed by atoms with Gasteiger partial charge in [-0.05, 0) is 99.2 Å². The molecule has 7 nitrogen and oxygen atoms in total. The third-order valence-corrected chi connectivity index (χ3v) is 9.26. The van der Waals surface area contributed by atoms with Crippen LogP contribution in [0, 0.1) is 17.8 Å². The zero-order chi connectivity index (χ0) is 25.0. The van der Waals surface area contributed by atoms with Gasteiger partial charge < -0.3 is 19.7 Å². The van der Waals surface area contributed by atoms with Gasteiger partial charge in [-0.25, -0.2) is 9.78 Å². The maximum absolute atomic E-state index is 10.8. The lowest BCUT2D eigenvalue weighted by atomic mass is 9.53. The van der Waals surface area contributed by atoms with Crippen molar-refractivity contribution >= 4 is 0 Å². The second kappa shape index (κ2) is 12.1. The molecule has 1 aliphatic heterocycles. The standard InChI is InChI=1S/C28H41NO5.CH4O/c30-28-17-20-15-23(18-28)27(24(16-20)19-28)34-33-26-7-3-22(4-8-26)21-1-5-25(6-2-21)32-14-11-29-9-12-31-13-10-29;1-2/h1-2,5-6,20,22-24,26-27,30H,3-4,7-19H2;2H,1H3. The molecule has 0 aromatic heterocycles. The molecule has 7 heteroatoms. The van der Waals surface area contributed by atoms with Crippen LogP contribution in [-0.4, -0.2) is 79.5 Å². The molecule has 2 unspecified atom stereocenters. The Morgan fingerprint density at radius 1 is 0.917 bits per heavy atom. The van der Waals surface area contributed by atoms with E-state index in [1.807, 2.05) is 0 Å². The normalized spacial score (nSPS) is 37.9. The van der Waals surface area contributed by atoms with Crippen molar-refractivity contribution in [3.05, 3.63) is 29.8 Å². The van der Waals surface area contributed by atoms with Crippen LogP contribution in [0.25, 0.3) is 0 Å². The van der Waals surface area contributed by atoms with Gasteiger partial charge in [0.05, 0.1) is 31.0 Å². The Bertz CT molecular complexity index is 788. The van der Waals surface area contributed by atoms with Gasteiger partial charge in [-0.2, -0.15) is 0 Å². The monoisotopic (exact) mass is 503 g/mol. The van der Waals surface area contributed by atoms with Crippen LogP contribution in [0.3, 0.4) is 0 Å². The molecule has 5 aliphatic carbocycles. The maximum Gasteiger partial charge on any atom is 0.119 e. The summed E-state index contributed by atoms with van der Waals surface area (Å²) in [7, 11) is 1.00. The molecule has 6 fully saturated rings. The van der Waals surface area contributed by atoms with Gasteiger partial charge in [0, 0.05) is 26.7 Å². The zero-order valence-electron chi connectivity index (χ0n) is 21.9. The average Bonchev–Trinajstić information content (AvgIpc) is 2.90. The molecule has 1 aromatic carbocycles. The maximum atomic E-state index is 10.8. The van der Waals surface area contributed by atoms with Gasteiger partial charge in [-0.15, -0.1) is 0 Å². The minimum absolute atomic E-state index is 0.199. The molecular weight excluding hydrogens is 458 g/mol. The first-order chi connectivity index (χ1) is 17.6. The summed E-state index contributed by atoms with van der Waals surface area (Å²) >= 11 is 0. The van der Waals surface area contributed by atoms with E-state index < -0.39 is 5.60 Å². The first-order valence-electron chi connectivity index (χ1n) is 14.2. The summed E-state index contributed by atoms with van der Waals surface area (Å²) in [4.78, 5) is 14.5. The fraction of sp³-hybridized carbons (Fsp3) is 0.793. The van der Waals surface area contributed by atoms with Crippen LogP contribution in [0.2, 0.25) is 0 Å². The van der Waals surface area contributed by atoms with Crippen molar-refractivity contribution in [2.24, 2.45) is 17.8 Å². The van der Waals surface area contributed by atoms with E-state index in [1.54, 1.807) is 0 Å². The van der Waals surface area contributed by atoms with Crippen LogP contribution in [0.1, 0.15) is 69.3 Å². The number of nitrogens with zero attached hydrogens (tertiary/aromatic N) is 1. The third kappa shape index (κ3) is 6.25. The summed E-state index contributed by atoms with van der Waals surface area (Å²) in [5.41, 5.74) is 1.01. The molecule has 0 spiro atoms. The molecule has 0 radical (unpaired) electrons. The minimum Gasteiger partial charge on any atom is -0.492 e. The average molecular weight is 504 g/mol. The number of ether oxygens (including phenoxy) is 2. The molecule has 4 bridgehead atoms. The molecule has 1 heterocycles. The predicted octanol–water partition coefficient (Wildman–Crippen LogP) is 3.92. The molecule has 2 atom stereocenters. The summed E-state index contributed by atoms with van der Waals surface area (Å²) in [6.07, 6.45) is 10.1. The summed E-state index contributed by atoms with van der Waals surface area (Å²) in [5.74, 6) is 3.24. The van der Waals surface area contributed by atoms with Crippen molar-refractivity contribution in [1.29, 1.82) is 0 Å². The Morgan fingerprint density at radius 2 is 1.58 bits per heavy atom. The number of morpholine rings is 1. The van der Waals surface area contributed by atoms with E-state index in [1.165, 1.54) is 18.4 Å². The number of aliphatic hydroxyl groups is 2. The molecule has 6 aliphatic rings. The number of hydrogen-bond donors (Lipinski definition) is 2. The van der Waals surface area contributed by atoms with E-state index in [0.29, 0.717) is 23.7 Å². The first kappa shape index (κ1) is 26.4. The zero-order valence-corrected chi connectivity index (χ0v) is 21.9. The van der Waals surface area contributed by atoms with Crippen molar-refractivity contribution in [2.45, 2.75) is 81.5 Å². The SMILES string of the molecule is CO.OC12CC3CC(C1)C(OOC1CCC(c4ccc(OCCN5CCOCC5)cc4)CC1)C(C3)C2. The lowest BCUT2D eigenvalue weighted by molar-refractivity contribution is -0.389. The molecule has 202 valence electrons. The van der Waals surface area contributed by atoms with Gasteiger partial charge in [-0.1, -0.05) is 12.1 Å². The van der Waals surface area contributed by atoms with Crippen LogP contribution in [0.4, 0.5) is 0 Å². The van der Waals surface area contributed by atoms with Gasteiger partial charge in [0.2, 0.25) is 0 Å². The van der Waals surface area contributed by atoms with Crippen molar-refractivity contribution in [1.82, 2.24) is 4.90 Å². The van der Waals surface area contributed by atoms with E-state index in [4.69, 9.17) is 24.4 Å². The predicted molar refractivity (Wildman–Crippen MR) is 137 cm³/mol. The van der Waals surface area contributed by atoms with Crippen LogP contribution < -0.4 is 4.74 Å². The molecule has 7 rings (SSSR count). The lowest BCUT2D eigenvalue weighted by Gasteiger charge is -2.57. The van der Waals surface area contributed by atoms with Gasteiger partial charge >= 0.3 is 0 Å². The van der Waals surface area contributed by atoms with Crippen molar-refractivity contribution in [3.8, 4) is 5.75 Å². The van der Waals surface area contributed by atoms with Crippen molar-refractivity contribution in [3.63, 3.8) is 0 Å². The smallest absolute Gasteiger partial charge is 0.119 e. The summed E-state index contributed by atoms with van der Waals surface area (Å²) < 4.78 is 11.4. The van der Waals surface area contributed by atoms with Crippen LogP contribution in [-0.2, 0) is 14.5 Å². The number of benzene rings is 1. The van der Waals surface area contributed by atoms with E-state index >= 15 is 0 Å². The first-order valence-corrected chi connectivity index (χ1v) is 14.2. The fourth-order valence-electron chi connectivity index (χ4n) is 7.68. The molecule has 36 heavy (non-hydrogen) atoms. The molecule has 2 N–H and O–H groups in total. The van der Waals surface area contributed by atoms with Crippen molar-refractivity contribution < 1.29 is 29.5 Å².